The maximum absolute atomic E-state index is 13.4. The summed E-state index contributed by atoms with van der Waals surface area (Å²) in [4.78, 5) is 20.7. The Morgan fingerprint density at radius 3 is 2.46 bits per heavy atom. The molecule has 1 amide bonds. The number of pyridine rings is 1. The molecule has 5 heteroatoms. The third-order valence-electron chi connectivity index (χ3n) is 7.21. The van der Waals surface area contributed by atoms with E-state index in [0.29, 0.717) is 24.6 Å². The van der Waals surface area contributed by atoms with Crippen LogP contribution in [0.1, 0.15) is 41.3 Å². The van der Waals surface area contributed by atoms with E-state index < -0.39 is 0 Å². The van der Waals surface area contributed by atoms with Gasteiger partial charge in [0.1, 0.15) is 5.75 Å². The number of benzene rings is 3. The number of fused-ring (bicyclic) bond motifs is 1. The minimum Gasteiger partial charge on any atom is -0.494 e. The lowest BCUT2D eigenvalue weighted by Crippen LogP contribution is -2.38. The van der Waals surface area contributed by atoms with E-state index in [1.54, 1.807) is 0 Å². The van der Waals surface area contributed by atoms with Crippen LogP contribution in [0.2, 0.25) is 0 Å². The van der Waals surface area contributed by atoms with E-state index in [9.17, 15) is 4.79 Å². The second-order valence-corrected chi connectivity index (χ2v) is 9.94. The Morgan fingerprint density at radius 1 is 1.00 bits per heavy atom. The molecule has 1 saturated heterocycles. The van der Waals surface area contributed by atoms with Crippen LogP contribution in [-0.2, 0) is 6.54 Å². The van der Waals surface area contributed by atoms with Gasteiger partial charge < -0.3 is 10.1 Å². The van der Waals surface area contributed by atoms with Gasteiger partial charge in [-0.05, 0) is 87.7 Å². The van der Waals surface area contributed by atoms with Gasteiger partial charge in [-0.25, -0.2) is 4.98 Å². The molecular weight excluding hydrogens is 458 g/mol. The molecule has 0 bridgehead atoms. The van der Waals surface area contributed by atoms with Gasteiger partial charge in [-0.2, -0.15) is 0 Å². The molecule has 1 aromatic heterocycles. The summed E-state index contributed by atoms with van der Waals surface area (Å²) in [6.07, 6.45) is 2.20. The molecule has 3 aromatic carbocycles. The SMILES string of the molecule is CCOc1ccc(-c2cc(C(=O)NCC3CCN(Cc4ccc(C)cc4)CC3)c3ccccc3n2)cc1. The Bertz CT molecular complexity index is 1340. The summed E-state index contributed by atoms with van der Waals surface area (Å²) < 4.78 is 5.57. The monoisotopic (exact) mass is 493 g/mol. The molecule has 1 aliphatic rings. The molecule has 0 unspecified atom stereocenters. The number of nitrogens with one attached hydrogen (secondary N) is 1. The maximum atomic E-state index is 13.4. The first kappa shape index (κ1) is 25.0. The lowest BCUT2D eigenvalue weighted by atomic mass is 9.96. The summed E-state index contributed by atoms with van der Waals surface area (Å²) in [5.74, 6) is 1.29. The summed E-state index contributed by atoms with van der Waals surface area (Å²) in [7, 11) is 0. The van der Waals surface area contributed by atoms with Crippen LogP contribution in [0.15, 0.2) is 78.9 Å². The second kappa shape index (κ2) is 11.6. The lowest BCUT2D eigenvalue weighted by Gasteiger charge is -2.32. The van der Waals surface area contributed by atoms with Crippen LogP contribution in [-0.4, -0.2) is 42.0 Å². The second-order valence-electron chi connectivity index (χ2n) is 9.94. The Hall–Kier alpha value is -3.70. The highest BCUT2D eigenvalue weighted by Gasteiger charge is 2.21. The van der Waals surface area contributed by atoms with Crippen LogP contribution in [0.4, 0.5) is 0 Å². The van der Waals surface area contributed by atoms with Crippen molar-refractivity contribution in [3.8, 4) is 17.0 Å². The number of carbonyl (C=O) groups is 1. The molecule has 0 saturated carbocycles. The Kier molecular flexibility index (Phi) is 7.81. The molecule has 0 atom stereocenters. The third kappa shape index (κ3) is 6.17. The lowest BCUT2D eigenvalue weighted by molar-refractivity contribution is 0.0937. The van der Waals surface area contributed by atoms with Crippen molar-refractivity contribution in [1.29, 1.82) is 0 Å². The predicted octanol–water partition coefficient (Wildman–Crippen LogP) is 6.25. The van der Waals surface area contributed by atoms with Crippen LogP contribution in [0, 0.1) is 12.8 Å². The standard InChI is InChI=1S/C32H35N3O2/c1-3-37-27-14-12-26(13-15-27)31-20-29(28-6-4-5-7-30(28)34-31)32(36)33-21-24-16-18-35(19-17-24)22-25-10-8-23(2)9-11-25/h4-15,20,24H,3,16-19,21-22H2,1-2H3,(H,33,36). The Balaban J connectivity index is 1.24. The van der Waals surface area contributed by atoms with Crippen molar-refractivity contribution in [2.45, 2.75) is 33.2 Å². The summed E-state index contributed by atoms with van der Waals surface area (Å²) in [5.41, 5.74) is 5.91. The number of likely N-dealkylation sites (tertiary alicyclic amines) is 1. The molecule has 0 radical (unpaired) electrons. The number of para-hydroxylation sites is 1. The van der Waals surface area contributed by atoms with E-state index in [1.165, 1.54) is 11.1 Å². The molecule has 1 N–H and O–H groups in total. The van der Waals surface area contributed by atoms with Gasteiger partial charge in [0.15, 0.2) is 0 Å². The number of piperidine rings is 1. The Labute approximate surface area is 219 Å². The van der Waals surface area contributed by atoms with Gasteiger partial charge in [0, 0.05) is 24.0 Å². The van der Waals surface area contributed by atoms with Gasteiger partial charge in [-0.15, -0.1) is 0 Å². The number of nitrogens with zero attached hydrogens (tertiary/aromatic N) is 2. The molecule has 0 aliphatic carbocycles. The molecule has 190 valence electrons. The molecule has 37 heavy (non-hydrogen) atoms. The van der Waals surface area contributed by atoms with Crippen molar-refractivity contribution in [3.63, 3.8) is 0 Å². The highest BCUT2D eigenvalue weighted by atomic mass is 16.5. The highest BCUT2D eigenvalue weighted by molar-refractivity contribution is 6.07. The van der Waals surface area contributed by atoms with Crippen molar-refractivity contribution in [2.24, 2.45) is 5.92 Å². The first-order chi connectivity index (χ1) is 18.1. The van der Waals surface area contributed by atoms with Crippen LogP contribution in [0.3, 0.4) is 0 Å². The van der Waals surface area contributed by atoms with Gasteiger partial charge >= 0.3 is 0 Å². The summed E-state index contributed by atoms with van der Waals surface area (Å²) >= 11 is 0. The van der Waals surface area contributed by atoms with Gasteiger partial charge in [0.25, 0.3) is 5.91 Å². The van der Waals surface area contributed by atoms with Crippen molar-refractivity contribution >= 4 is 16.8 Å². The minimum atomic E-state index is -0.0344. The van der Waals surface area contributed by atoms with Crippen molar-refractivity contribution in [1.82, 2.24) is 15.2 Å². The largest absolute Gasteiger partial charge is 0.494 e. The molecule has 1 aliphatic heterocycles. The zero-order valence-corrected chi connectivity index (χ0v) is 21.7. The number of hydrogen-bond acceptors (Lipinski definition) is 4. The van der Waals surface area contributed by atoms with Crippen molar-refractivity contribution in [3.05, 3.63) is 95.6 Å². The average molecular weight is 494 g/mol. The number of aryl methyl sites for hydroxylation is 1. The maximum Gasteiger partial charge on any atom is 0.252 e. The smallest absolute Gasteiger partial charge is 0.252 e. The number of hydrogen-bond donors (Lipinski definition) is 1. The summed E-state index contributed by atoms with van der Waals surface area (Å²) in [6.45, 7) is 8.55. The Morgan fingerprint density at radius 2 is 1.73 bits per heavy atom. The summed E-state index contributed by atoms with van der Waals surface area (Å²) in [6, 6.07) is 26.5. The van der Waals surface area contributed by atoms with Crippen LogP contribution in [0.5, 0.6) is 5.75 Å². The van der Waals surface area contributed by atoms with E-state index in [0.717, 1.165) is 60.4 Å². The van der Waals surface area contributed by atoms with Crippen LogP contribution < -0.4 is 10.1 Å². The topological polar surface area (TPSA) is 54.5 Å². The molecule has 5 nitrogen and oxygen atoms in total. The highest BCUT2D eigenvalue weighted by Crippen LogP contribution is 2.27. The van der Waals surface area contributed by atoms with E-state index >= 15 is 0 Å². The number of carbonyl (C=O) groups excluding carboxylic acids is 1. The normalized spacial score (nSPS) is 14.5. The third-order valence-corrected chi connectivity index (χ3v) is 7.21. The van der Waals surface area contributed by atoms with Crippen molar-refractivity contribution in [2.75, 3.05) is 26.2 Å². The quantitative estimate of drug-likeness (QED) is 0.315. The van der Waals surface area contributed by atoms with E-state index in [2.05, 4.69) is 41.4 Å². The zero-order chi connectivity index (χ0) is 25.6. The van der Waals surface area contributed by atoms with Crippen molar-refractivity contribution < 1.29 is 9.53 Å². The first-order valence-corrected chi connectivity index (χ1v) is 13.3. The predicted molar refractivity (Wildman–Crippen MR) is 150 cm³/mol. The van der Waals surface area contributed by atoms with Crippen LogP contribution >= 0.6 is 0 Å². The fraction of sp³-hybridized carbons (Fsp3) is 0.312. The number of aromatic nitrogens is 1. The fourth-order valence-electron chi connectivity index (χ4n) is 5.03. The van der Waals surface area contributed by atoms with E-state index in [1.807, 2.05) is 61.5 Å². The fourth-order valence-corrected chi connectivity index (χ4v) is 5.03. The number of amides is 1. The van der Waals surface area contributed by atoms with Gasteiger partial charge in [-0.1, -0.05) is 48.0 Å². The van der Waals surface area contributed by atoms with Crippen LogP contribution in [0.25, 0.3) is 22.2 Å². The van der Waals surface area contributed by atoms with E-state index in [4.69, 9.17) is 9.72 Å². The van der Waals surface area contributed by atoms with Gasteiger partial charge in [-0.3, -0.25) is 9.69 Å². The minimum absolute atomic E-state index is 0.0344. The number of ether oxygens (including phenoxy) is 1. The van der Waals surface area contributed by atoms with Gasteiger partial charge in [0.05, 0.1) is 23.4 Å². The van der Waals surface area contributed by atoms with Gasteiger partial charge in [0.2, 0.25) is 0 Å². The first-order valence-electron chi connectivity index (χ1n) is 13.3. The molecule has 0 spiro atoms. The molecule has 4 aromatic rings. The average Bonchev–Trinajstić information content (AvgIpc) is 2.94. The summed E-state index contributed by atoms with van der Waals surface area (Å²) in [5, 5.41) is 4.11. The van der Waals surface area contributed by atoms with E-state index in [-0.39, 0.29) is 5.91 Å². The molecular formula is C32H35N3O2. The number of rotatable bonds is 8. The molecule has 5 rings (SSSR count). The molecule has 2 heterocycles. The zero-order valence-electron chi connectivity index (χ0n) is 21.7. The molecule has 1 fully saturated rings.